The van der Waals surface area contributed by atoms with Crippen molar-refractivity contribution in [2.75, 3.05) is 12.3 Å². The Morgan fingerprint density at radius 2 is 1.70 bits per heavy atom. The molecule has 0 atom stereocenters. The first-order chi connectivity index (χ1) is 17.8. The Morgan fingerprint density at radius 3 is 2.43 bits per heavy atom. The van der Waals surface area contributed by atoms with E-state index in [0.717, 1.165) is 27.5 Å². The summed E-state index contributed by atoms with van der Waals surface area (Å²) in [4.78, 5) is 38.4. The number of imidazole rings is 1. The number of rotatable bonds is 8. The van der Waals surface area contributed by atoms with Crippen LogP contribution in [-0.2, 0) is 31.9 Å². The molecule has 1 amide bonds. The number of aromatic nitrogens is 6. The molecule has 0 bridgehead atoms. The van der Waals surface area contributed by atoms with Crippen molar-refractivity contribution in [3.8, 4) is 0 Å². The summed E-state index contributed by atoms with van der Waals surface area (Å²) in [6.45, 7) is 0.712. The van der Waals surface area contributed by atoms with Gasteiger partial charge in [0, 0.05) is 20.6 Å². The number of aryl methyl sites for hydroxylation is 1. The fourth-order valence-electron chi connectivity index (χ4n) is 4.22. The third-order valence-corrected chi connectivity index (χ3v) is 7.04. The normalized spacial score (nSPS) is 11.4. The maximum atomic E-state index is 13.4. The number of benzene rings is 2. The maximum absolute atomic E-state index is 13.4. The largest absolute Gasteiger partial charge is 0.355 e. The van der Waals surface area contributed by atoms with Crippen LogP contribution < -0.4 is 16.6 Å². The number of nitrogens with one attached hydrogen (secondary N) is 1. The standard InChI is InChI=1S/C25H24FN7O3S/c1-30-21-20(22(35)31(2)25(30)36)32(14-17-8-10-18(26)11-9-17)23-28-29-24(33(21)23)37-15-19(34)27-13-12-16-6-4-3-5-7-16/h3-11H,12-15H2,1-2H3,(H,27,34). The summed E-state index contributed by atoms with van der Waals surface area (Å²) in [6, 6.07) is 15.8. The van der Waals surface area contributed by atoms with Crippen molar-refractivity contribution in [3.05, 3.63) is 92.4 Å². The number of amides is 1. The van der Waals surface area contributed by atoms with Gasteiger partial charge in [-0.2, -0.15) is 0 Å². The molecule has 10 nitrogen and oxygen atoms in total. The highest BCUT2D eigenvalue weighted by Crippen LogP contribution is 2.24. The molecule has 0 saturated carbocycles. The first-order valence-electron chi connectivity index (χ1n) is 11.6. The molecule has 37 heavy (non-hydrogen) atoms. The van der Waals surface area contributed by atoms with E-state index in [-0.39, 0.29) is 29.5 Å². The van der Waals surface area contributed by atoms with Gasteiger partial charge in [0.05, 0.1) is 12.3 Å². The van der Waals surface area contributed by atoms with Gasteiger partial charge in [0.25, 0.3) is 5.56 Å². The topological polar surface area (TPSA) is 108 Å². The van der Waals surface area contributed by atoms with Crippen molar-refractivity contribution >= 4 is 34.6 Å². The SMILES string of the molecule is Cn1c(=O)c2c(n(C)c1=O)n1c(SCC(=O)NCCc3ccccc3)nnc1n2Cc1ccc(F)cc1. The molecule has 0 aliphatic heterocycles. The first kappa shape index (κ1) is 24.5. The fourth-order valence-corrected chi connectivity index (χ4v) is 4.98. The van der Waals surface area contributed by atoms with Crippen molar-refractivity contribution in [1.82, 2.24) is 33.6 Å². The van der Waals surface area contributed by atoms with Crippen molar-refractivity contribution in [2.45, 2.75) is 18.1 Å². The molecule has 12 heteroatoms. The molecule has 3 heterocycles. The monoisotopic (exact) mass is 521 g/mol. The minimum absolute atomic E-state index is 0.0823. The Hall–Kier alpha value is -4.19. The third-order valence-electron chi connectivity index (χ3n) is 6.11. The molecule has 5 aromatic rings. The molecule has 0 saturated heterocycles. The molecular formula is C25H24FN7O3S. The van der Waals surface area contributed by atoms with Crippen LogP contribution in [0, 0.1) is 5.82 Å². The molecule has 2 aromatic carbocycles. The van der Waals surface area contributed by atoms with Gasteiger partial charge < -0.3 is 5.32 Å². The van der Waals surface area contributed by atoms with Crippen molar-refractivity contribution < 1.29 is 9.18 Å². The van der Waals surface area contributed by atoms with Crippen LogP contribution in [0.25, 0.3) is 16.9 Å². The van der Waals surface area contributed by atoms with E-state index in [1.54, 1.807) is 28.1 Å². The summed E-state index contributed by atoms with van der Waals surface area (Å²) in [5, 5.41) is 11.8. The van der Waals surface area contributed by atoms with Crippen molar-refractivity contribution in [2.24, 2.45) is 14.1 Å². The molecule has 1 N–H and O–H groups in total. The maximum Gasteiger partial charge on any atom is 0.332 e. The van der Waals surface area contributed by atoms with Gasteiger partial charge in [-0.1, -0.05) is 54.2 Å². The average Bonchev–Trinajstić information content (AvgIpc) is 3.45. The van der Waals surface area contributed by atoms with Crippen LogP contribution >= 0.6 is 11.8 Å². The smallest absolute Gasteiger partial charge is 0.332 e. The minimum atomic E-state index is -0.498. The highest BCUT2D eigenvalue weighted by Gasteiger charge is 2.24. The highest BCUT2D eigenvalue weighted by molar-refractivity contribution is 7.99. The second-order valence-corrected chi connectivity index (χ2v) is 9.53. The average molecular weight is 522 g/mol. The molecule has 0 unspecified atom stereocenters. The third kappa shape index (κ3) is 4.67. The molecule has 0 aliphatic carbocycles. The summed E-state index contributed by atoms with van der Waals surface area (Å²) in [5.41, 5.74) is 1.47. The number of carbonyl (C=O) groups excluding carboxylic acids is 1. The molecule has 190 valence electrons. The van der Waals surface area contributed by atoms with Crippen LogP contribution in [0.3, 0.4) is 0 Å². The quantitative estimate of drug-likeness (QED) is 0.312. The molecule has 0 radical (unpaired) electrons. The van der Waals surface area contributed by atoms with Crippen LogP contribution in [-0.4, -0.2) is 46.5 Å². The lowest BCUT2D eigenvalue weighted by Gasteiger charge is -2.08. The number of fused-ring (bicyclic) bond motifs is 3. The summed E-state index contributed by atoms with van der Waals surface area (Å²) in [7, 11) is 2.98. The molecule has 0 aliphatic rings. The van der Waals surface area contributed by atoms with E-state index in [1.807, 2.05) is 30.3 Å². The zero-order valence-electron chi connectivity index (χ0n) is 20.2. The van der Waals surface area contributed by atoms with Crippen LogP contribution in [0.5, 0.6) is 0 Å². The zero-order chi connectivity index (χ0) is 26.1. The van der Waals surface area contributed by atoms with E-state index < -0.39 is 11.2 Å². The lowest BCUT2D eigenvalue weighted by molar-refractivity contribution is -0.118. The molecule has 0 fully saturated rings. The van der Waals surface area contributed by atoms with E-state index in [1.165, 1.54) is 23.7 Å². The van der Waals surface area contributed by atoms with Crippen LogP contribution in [0.1, 0.15) is 11.1 Å². The van der Waals surface area contributed by atoms with Gasteiger partial charge in [0.15, 0.2) is 16.3 Å². The van der Waals surface area contributed by atoms with E-state index >= 15 is 0 Å². The zero-order valence-corrected chi connectivity index (χ0v) is 21.0. The summed E-state index contributed by atoms with van der Waals surface area (Å²) in [5.74, 6) is -0.117. The van der Waals surface area contributed by atoms with Crippen molar-refractivity contribution in [1.29, 1.82) is 0 Å². The Balaban J connectivity index is 1.47. The molecule has 5 rings (SSSR count). The predicted octanol–water partition coefficient (Wildman–Crippen LogP) is 1.72. The summed E-state index contributed by atoms with van der Waals surface area (Å²) in [6.07, 6.45) is 0.717. The highest BCUT2D eigenvalue weighted by atomic mass is 32.2. The summed E-state index contributed by atoms with van der Waals surface area (Å²) < 4.78 is 19.1. The molecule has 0 spiro atoms. The molecule has 3 aromatic heterocycles. The van der Waals surface area contributed by atoms with Crippen LogP contribution in [0.4, 0.5) is 4.39 Å². The van der Waals surface area contributed by atoms with E-state index in [0.29, 0.717) is 29.5 Å². The number of hydrogen-bond donors (Lipinski definition) is 1. The number of thioether (sulfide) groups is 1. The first-order valence-corrected chi connectivity index (χ1v) is 12.5. The minimum Gasteiger partial charge on any atom is -0.355 e. The van der Waals surface area contributed by atoms with Gasteiger partial charge in [-0.05, 0) is 29.7 Å². The lowest BCUT2D eigenvalue weighted by atomic mass is 10.1. The van der Waals surface area contributed by atoms with Gasteiger partial charge >= 0.3 is 5.69 Å². The second-order valence-electron chi connectivity index (χ2n) is 8.58. The van der Waals surface area contributed by atoms with Crippen LogP contribution in [0.15, 0.2) is 69.3 Å². The van der Waals surface area contributed by atoms with Crippen LogP contribution in [0.2, 0.25) is 0 Å². The molecular weight excluding hydrogens is 497 g/mol. The Kier molecular flexibility index (Phi) is 6.66. The van der Waals surface area contributed by atoms with Gasteiger partial charge in [-0.3, -0.25) is 23.3 Å². The number of halogens is 1. The van der Waals surface area contributed by atoms with E-state index in [2.05, 4.69) is 15.5 Å². The van der Waals surface area contributed by atoms with Gasteiger partial charge in [-0.15, -0.1) is 10.2 Å². The summed E-state index contributed by atoms with van der Waals surface area (Å²) >= 11 is 1.16. The Bertz CT molecular complexity index is 1720. The van der Waals surface area contributed by atoms with Gasteiger partial charge in [0.2, 0.25) is 11.7 Å². The van der Waals surface area contributed by atoms with E-state index in [9.17, 15) is 18.8 Å². The second kappa shape index (κ2) is 10.1. The fraction of sp³-hybridized carbons (Fsp3) is 0.240. The Morgan fingerprint density at radius 1 is 0.973 bits per heavy atom. The Labute approximate surface area is 214 Å². The lowest BCUT2D eigenvalue weighted by Crippen LogP contribution is -2.37. The van der Waals surface area contributed by atoms with Gasteiger partial charge in [0.1, 0.15) is 5.82 Å². The van der Waals surface area contributed by atoms with Gasteiger partial charge in [-0.25, -0.2) is 13.6 Å². The number of carbonyl (C=O) groups is 1. The van der Waals surface area contributed by atoms with E-state index in [4.69, 9.17) is 0 Å². The number of nitrogens with zero attached hydrogens (tertiary/aromatic N) is 6. The number of hydrogen-bond acceptors (Lipinski definition) is 6. The predicted molar refractivity (Wildman–Crippen MR) is 138 cm³/mol. The van der Waals surface area contributed by atoms with Crippen molar-refractivity contribution in [3.63, 3.8) is 0 Å².